The Morgan fingerprint density at radius 3 is 2.55 bits per heavy atom. The third-order valence-electron chi connectivity index (χ3n) is 10.2. The number of piperazine rings is 1. The van der Waals surface area contributed by atoms with Crippen molar-refractivity contribution < 1.29 is 18.3 Å². The van der Waals surface area contributed by atoms with Crippen LogP contribution in [-0.2, 0) is 0 Å². The first-order valence-corrected chi connectivity index (χ1v) is 17.1. The Morgan fingerprint density at radius 2 is 1.85 bits per heavy atom. The third-order valence-corrected chi connectivity index (χ3v) is 11.4. The Bertz CT molecular complexity index is 1950. The highest BCUT2D eigenvalue weighted by atomic mass is 35.5. The second-order valence-corrected chi connectivity index (χ2v) is 14.1. The number of carbonyl (C=O) groups excluding carboxylic acids is 1. The molecule has 244 valence electrons. The van der Waals surface area contributed by atoms with E-state index in [1.165, 1.54) is 12.1 Å². The number of nitriles is 1. The van der Waals surface area contributed by atoms with E-state index < -0.39 is 11.6 Å². The molecule has 6 heterocycles. The van der Waals surface area contributed by atoms with Gasteiger partial charge in [0.2, 0.25) is 0 Å². The molecular weight excluding hydrogens is 648 g/mol. The minimum absolute atomic E-state index is 0.0215. The van der Waals surface area contributed by atoms with Gasteiger partial charge in [-0.15, -0.1) is 0 Å². The van der Waals surface area contributed by atoms with Crippen LogP contribution in [0.4, 0.5) is 24.5 Å². The minimum atomic E-state index is -0.698. The van der Waals surface area contributed by atoms with E-state index in [9.17, 15) is 14.4 Å². The fourth-order valence-electron chi connectivity index (χ4n) is 7.61. The van der Waals surface area contributed by atoms with Crippen LogP contribution in [-0.4, -0.2) is 99.7 Å². The fraction of sp³-hybridized carbons (Fsp3) is 0.469. The molecule has 1 unspecified atom stereocenters. The maximum atomic E-state index is 16.8. The van der Waals surface area contributed by atoms with Crippen molar-refractivity contribution in [3.05, 3.63) is 34.9 Å². The molecule has 0 spiro atoms. The lowest BCUT2D eigenvalue weighted by atomic mass is 9.95. The summed E-state index contributed by atoms with van der Waals surface area (Å²) in [6.45, 7) is 4.70. The van der Waals surface area contributed by atoms with E-state index in [2.05, 4.69) is 20.9 Å². The number of hydrogen-bond donors (Lipinski definition) is 1. The van der Waals surface area contributed by atoms with Crippen LogP contribution in [0.1, 0.15) is 32.1 Å². The molecule has 4 fully saturated rings. The molecule has 2 aromatic carbocycles. The summed E-state index contributed by atoms with van der Waals surface area (Å²) >= 11 is 7.80. The molecular formula is C32H32ClF2N9O2S. The second kappa shape index (κ2) is 11.6. The van der Waals surface area contributed by atoms with Gasteiger partial charge in [0, 0.05) is 49.2 Å². The van der Waals surface area contributed by atoms with Crippen molar-refractivity contribution in [1.29, 1.82) is 5.26 Å². The molecule has 4 aliphatic heterocycles. The zero-order valence-corrected chi connectivity index (χ0v) is 27.1. The number of anilines is 2. The van der Waals surface area contributed by atoms with Gasteiger partial charge in [-0.05, 0) is 63.4 Å². The van der Waals surface area contributed by atoms with Crippen molar-refractivity contribution in [3.63, 3.8) is 0 Å². The summed E-state index contributed by atoms with van der Waals surface area (Å²) in [7, 11) is 0. The molecule has 2 amide bonds. The van der Waals surface area contributed by atoms with Crippen molar-refractivity contribution in [2.75, 3.05) is 63.1 Å². The average Bonchev–Trinajstić information content (AvgIpc) is 3.75. The van der Waals surface area contributed by atoms with Crippen LogP contribution < -0.4 is 15.4 Å². The van der Waals surface area contributed by atoms with Gasteiger partial charge in [-0.3, -0.25) is 4.90 Å². The van der Waals surface area contributed by atoms with Crippen LogP contribution in [0.2, 0.25) is 5.02 Å². The molecule has 11 nitrogen and oxygen atoms in total. The first kappa shape index (κ1) is 30.3. The summed E-state index contributed by atoms with van der Waals surface area (Å²) in [6, 6.07) is 6.03. The van der Waals surface area contributed by atoms with Crippen molar-refractivity contribution in [2.45, 2.75) is 43.7 Å². The van der Waals surface area contributed by atoms with Crippen LogP contribution >= 0.6 is 22.9 Å². The van der Waals surface area contributed by atoms with Gasteiger partial charge in [-0.25, -0.2) is 18.6 Å². The Morgan fingerprint density at radius 1 is 1.09 bits per heavy atom. The number of hydrogen-bond acceptors (Lipinski definition) is 10. The largest absolute Gasteiger partial charge is 0.461 e. The third kappa shape index (κ3) is 4.98. The zero-order chi connectivity index (χ0) is 32.4. The standard InChI is InChI=1S/C32H32ClF2N9O2S/c33-21-15-20-25(24(35)23(21)19-3-4-22(34)27-26(19)38-29(37)47-27)39-30(46-17-32-6-1-8-43(32)9-2-7-32)40-28(20)41-11-13-42(14-12-41)31(45)44-10-5-18(44)16-36/h3-4,15,18H,1-2,5-14,17H2,(H2,37,38). The number of nitrogens with two attached hydrogens (primary N) is 1. The number of fused-ring (bicyclic) bond motifs is 3. The molecule has 0 saturated carbocycles. The highest BCUT2D eigenvalue weighted by Gasteiger charge is 2.45. The first-order valence-electron chi connectivity index (χ1n) is 15.9. The molecule has 2 aromatic heterocycles. The zero-order valence-electron chi connectivity index (χ0n) is 25.5. The summed E-state index contributed by atoms with van der Waals surface area (Å²) in [5.74, 6) is -0.744. The van der Waals surface area contributed by atoms with Gasteiger partial charge in [0.25, 0.3) is 0 Å². The van der Waals surface area contributed by atoms with E-state index in [4.69, 9.17) is 27.1 Å². The number of ether oxygens (including phenoxy) is 1. The van der Waals surface area contributed by atoms with Gasteiger partial charge in [-0.1, -0.05) is 22.9 Å². The lowest BCUT2D eigenvalue weighted by Crippen LogP contribution is -2.59. The van der Waals surface area contributed by atoms with E-state index >= 15 is 4.39 Å². The molecule has 0 aliphatic carbocycles. The molecule has 0 radical (unpaired) electrons. The van der Waals surface area contributed by atoms with E-state index in [1.807, 2.05) is 4.90 Å². The fourth-order valence-corrected chi connectivity index (χ4v) is 8.67. The Balaban J connectivity index is 1.18. The molecule has 4 aliphatic rings. The Labute approximate surface area is 278 Å². The monoisotopic (exact) mass is 679 g/mol. The van der Waals surface area contributed by atoms with Crippen LogP contribution in [0.25, 0.3) is 32.2 Å². The molecule has 4 aromatic rings. The number of halogens is 3. The summed E-state index contributed by atoms with van der Waals surface area (Å²) in [6.07, 6.45) is 4.95. The van der Waals surface area contributed by atoms with E-state index in [1.54, 1.807) is 15.9 Å². The molecule has 1 atom stereocenters. The number of aromatic nitrogens is 3. The van der Waals surface area contributed by atoms with Crippen LogP contribution in [0.3, 0.4) is 0 Å². The molecule has 0 bridgehead atoms. The predicted octanol–water partition coefficient (Wildman–Crippen LogP) is 5.27. The lowest BCUT2D eigenvalue weighted by molar-refractivity contribution is 0.103. The Kier molecular flexibility index (Phi) is 7.46. The molecule has 4 saturated heterocycles. The normalized spacial score (nSPS) is 20.9. The van der Waals surface area contributed by atoms with Crippen molar-refractivity contribution in [3.8, 4) is 23.2 Å². The second-order valence-electron chi connectivity index (χ2n) is 12.7. The van der Waals surface area contributed by atoms with Gasteiger partial charge < -0.3 is 25.2 Å². The van der Waals surface area contributed by atoms with Gasteiger partial charge in [-0.2, -0.15) is 15.2 Å². The first-order chi connectivity index (χ1) is 22.8. The van der Waals surface area contributed by atoms with Crippen molar-refractivity contribution in [1.82, 2.24) is 29.7 Å². The minimum Gasteiger partial charge on any atom is -0.461 e. The Hall–Kier alpha value is -4.06. The number of nitrogen functional groups attached to an aromatic ring is 1. The highest BCUT2D eigenvalue weighted by Crippen LogP contribution is 2.43. The molecule has 8 rings (SSSR count). The number of urea groups is 1. The maximum absolute atomic E-state index is 16.8. The van der Waals surface area contributed by atoms with Crippen LogP contribution in [0.5, 0.6) is 6.01 Å². The van der Waals surface area contributed by atoms with Gasteiger partial charge >= 0.3 is 12.0 Å². The molecule has 15 heteroatoms. The lowest BCUT2D eigenvalue weighted by Gasteiger charge is -2.43. The number of carbonyl (C=O) groups is 1. The number of rotatable bonds is 5. The maximum Gasteiger partial charge on any atom is 0.321 e. The van der Waals surface area contributed by atoms with Gasteiger partial charge in [0.15, 0.2) is 10.9 Å². The predicted molar refractivity (Wildman–Crippen MR) is 176 cm³/mol. The number of thiazole rings is 1. The summed E-state index contributed by atoms with van der Waals surface area (Å²) < 4.78 is 38.0. The van der Waals surface area contributed by atoms with Gasteiger partial charge in [0.1, 0.15) is 29.8 Å². The van der Waals surface area contributed by atoms with Crippen molar-refractivity contribution >= 4 is 61.0 Å². The van der Waals surface area contributed by atoms with Crippen molar-refractivity contribution in [2.24, 2.45) is 0 Å². The molecule has 47 heavy (non-hydrogen) atoms. The quantitative estimate of drug-likeness (QED) is 0.300. The van der Waals surface area contributed by atoms with E-state index in [0.29, 0.717) is 62.5 Å². The summed E-state index contributed by atoms with van der Waals surface area (Å²) in [4.78, 5) is 34.6. The summed E-state index contributed by atoms with van der Waals surface area (Å²) in [5.41, 5.74) is 6.43. The number of likely N-dealkylation sites (tertiary alicyclic amines) is 1. The number of amides is 2. The van der Waals surface area contributed by atoms with E-state index in [-0.39, 0.29) is 55.1 Å². The summed E-state index contributed by atoms with van der Waals surface area (Å²) in [5, 5.41) is 9.97. The van der Waals surface area contributed by atoms with Crippen LogP contribution in [0, 0.1) is 23.0 Å². The number of benzene rings is 2. The van der Waals surface area contributed by atoms with Gasteiger partial charge in [0.05, 0.1) is 26.8 Å². The topological polar surface area (TPSA) is 128 Å². The van der Waals surface area contributed by atoms with E-state index in [0.717, 1.165) is 50.1 Å². The molecule has 2 N–H and O–H groups in total. The van der Waals surface area contributed by atoms with Crippen LogP contribution in [0.15, 0.2) is 18.2 Å². The number of nitrogens with zero attached hydrogens (tertiary/aromatic N) is 8. The SMILES string of the molecule is N#CC1CCN1C(=O)N1CCN(c2nc(OCC34CCCN3CCC4)nc3c(F)c(-c4ccc(F)c5sc(N)nc45)c(Cl)cc23)CC1. The highest BCUT2D eigenvalue weighted by molar-refractivity contribution is 7.22. The smallest absolute Gasteiger partial charge is 0.321 e. The average molecular weight is 680 g/mol.